The van der Waals surface area contributed by atoms with Crippen LogP contribution in [0.4, 0.5) is 14.5 Å². The molecule has 11 nitrogen and oxygen atoms in total. The minimum Gasteiger partial charge on any atom is -0.496 e. The van der Waals surface area contributed by atoms with Crippen LogP contribution in [0.25, 0.3) is 22.3 Å². The summed E-state index contributed by atoms with van der Waals surface area (Å²) in [6.07, 6.45) is 3.36. The zero-order valence-electron chi connectivity index (χ0n) is 24.8. The average Bonchev–Trinajstić information content (AvgIpc) is 3.62. The number of ketones is 1. The van der Waals surface area contributed by atoms with Gasteiger partial charge in [0.05, 0.1) is 63.0 Å². The molecule has 1 aliphatic rings. The van der Waals surface area contributed by atoms with E-state index in [-0.39, 0.29) is 58.9 Å². The third-order valence-electron chi connectivity index (χ3n) is 7.80. The summed E-state index contributed by atoms with van der Waals surface area (Å²) in [5.41, 5.74) is 0.697. The van der Waals surface area contributed by atoms with E-state index in [1.54, 1.807) is 13.3 Å². The number of carbonyl (C=O) groups excluding carboxylic acids is 2. The molecule has 13 heteroatoms. The monoisotopic (exact) mass is 609 g/mol. The number of halogens is 2. The van der Waals surface area contributed by atoms with Gasteiger partial charge in [0.15, 0.2) is 17.4 Å². The molecule has 0 bridgehead atoms. The van der Waals surface area contributed by atoms with Gasteiger partial charge >= 0.3 is 5.97 Å². The van der Waals surface area contributed by atoms with Gasteiger partial charge in [-0.25, -0.2) is 23.5 Å². The summed E-state index contributed by atoms with van der Waals surface area (Å²) in [7, 11) is 4.01. The minimum absolute atomic E-state index is 0.0457. The highest BCUT2D eigenvalue weighted by atomic mass is 19.1. The number of hydrogen-bond donors (Lipinski definition) is 1. The van der Waals surface area contributed by atoms with Crippen molar-refractivity contribution >= 4 is 28.3 Å². The normalized spacial score (nSPS) is 16.5. The Morgan fingerprint density at radius 2 is 1.95 bits per heavy atom. The van der Waals surface area contributed by atoms with Crippen molar-refractivity contribution in [2.75, 3.05) is 46.0 Å². The highest BCUT2D eigenvalue weighted by molar-refractivity contribution is 6.01. The smallest absolute Gasteiger partial charge is 0.340 e. The van der Waals surface area contributed by atoms with E-state index in [0.29, 0.717) is 36.3 Å². The highest BCUT2D eigenvalue weighted by Crippen LogP contribution is 2.39. The van der Waals surface area contributed by atoms with E-state index in [1.807, 2.05) is 4.90 Å². The fourth-order valence-corrected chi connectivity index (χ4v) is 5.79. The van der Waals surface area contributed by atoms with Crippen LogP contribution in [0.3, 0.4) is 0 Å². The van der Waals surface area contributed by atoms with Gasteiger partial charge in [0.25, 0.3) is 0 Å². The lowest BCUT2D eigenvalue weighted by atomic mass is 10.00. The Balaban J connectivity index is 1.58. The summed E-state index contributed by atoms with van der Waals surface area (Å²) >= 11 is 0. The first kappa shape index (κ1) is 31.0. The van der Waals surface area contributed by atoms with Gasteiger partial charge in [0.2, 0.25) is 0 Å². The predicted octanol–water partition coefficient (Wildman–Crippen LogP) is 3.85. The summed E-state index contributed by atoms with van der Waals surface area (Å²) in [6, 6.07) is 5.09. The second-order valence-electron chi connectivity index (χ2n) is 10.7. The highest BCUT2D eigenvalue weighted by Gasteiger charge is 2.33. The maximum atomic E-state index is 15.7. The van der Waals surface area contributed by atoms with Crippen molar-refractivity contribution in [1.82, 2.24) is 19.7 Å². The number of anilines is 1. The quantitative estimate of drug-likeness (QED) is 0.198. The van der Waals surface area contributed by atoms with Gasteiger partial charge in [-0.1, -0.05) is 6.92 Å². The number of methoxy groups -OCH3 is 3. The van der Waals surface area contributed by atoms with Crippen molar-refractivity contribution in [2.24, 2.45) is 5.92 Å². The summed E-state index contributed by atoms with van der Waals surface area (Å²) in [5, 5.41) is 15.1. The van der Waals surface area contributed by atoms with E-state index in [4.69, 9.17) is 9.47 Å². The number of rotatable bonds is 11. The fraction of sp³-hybridized carbons (Fsp3) is 0.387. The molecule has 3 heterocycles. The molecule has 5 rings (SSSR count). The number of benzene rings is 2. The van der Waals surface area contributed by atoms with Gasteiger partial charge in [-0.3, -0.25) is 9.48 Å². The Bertz CT molecular complexity index is 1710. The largest absolute Gasteiger partial charge is 0.496 e. The number of Topliss-reactive ketones (excluding diaryl/α,β-unsaturated/α-hetero) is 1. The van der Waals surface area contributed by atoms with Crippen LogP contribution in [0.15, 0.2) is 36.7 Å². The number of esters is 1. The molecule has 2 aromatic carbocycles. The molecule has 1 aliphatic heterocycles. The lowest BCUT2D eigenvalue weighted by molar-refractivity contribution is 0.0595. The summed E-state index contributed by atoms with van der Waals surface area (Å²) < 4.78 is 47.8. The number of aliphatic hydroxyl groups excluding tert-OH is 1. The van der Waals surface area contributed by atoms with Crippen LogP contribution in [0.2, 0.25) is 0 Å². The van der Waals surface area contributed by atoms with Crippen molar-refractivity contribution in [3.05, 3.63) is 65.1 Å². The molecule has 2 atom stereocenters. The van der Waals surface area contributed by atoms with E-state index in [1.165, 1.54) is 42.3 Å². The summed E-state index contributed by atoms with van der Waals surface area (Å²) in [4.78, 5) is 36.3. The molecule has 2 aromatic heterocycles. The zero-order valence-corrected chi connectivity index (χ0v) is 24.8. The number of aromatic nitrogens is 4. The number of carbonyl (C=O) groups is 2. The van der Waals surface area contributed by atoms with E-state index in [0.717, 1.165) is 13.5 Å². The van der Waals surface area contributed by atoms with Crippen LogP contribution >= 0.6 is 0 Å². The van der Waals surface area contributed by atoms with Crippen LogP contribution in [0, 0.1) is 17.6 Å². The zero-order chi connectivity index (χ0) is 31.5. The minimum atomic E-state index is -0.959. The number of fused-ring (bicyclic) bond motifs is 1. The van der Waals surface area contributed by atoms with E-state index < -0.39 is 23.4 Å². The molecule has 1 fully saturated rings. The van der Waals surface area contributed by atoms with Crippen LogP contribution in [0.1, 0.15) is 39.8 Å². The summed E-state index contributed by atoms with van der Waals surface area (Å²) in [5.74, 6) is -2.75. The first-order valence-corrected chi connectivity index (χ1v) is 14.1. The maximum absolute atomic E-state index is 15.7. The Kier molecular flexibility index (Phi) is 9.16. The molecule has 0 unspecified atom stereocenters. The average molecular weight is 610 g/mol. The van der Waals surface area contributed by atoms with Gasteiger partial charge in [-0.05, 0) is 42.2 Å². The lowest BCUT2D eigenvalue weighted by Gasteiger charge is -2.28. The first-order chi connectivity index (χ1) is 21.2. The van der Waals surface area contributed by atoms with Crippen LogP contribution in [0.5, 0.6) is 5.75 Å². The Morgan fingerprint density at radius 1 is 1.16 bits per heavy atom. The van der Waals surface area contributed by atoms with Crippen molar-refractivity contribution in [1.29, 1.82) is 0 Å². The molecular formula is C31H33F2N5O6. The second kappa shape index (κ2) is 13.0. The van der Waals surface area contributed by atoms with E-state index in [2.05, 4.69) is 26.7 Å². The molecule has 1 N–H and O–H groups in total. The third kappa shape index (κ3) is 5.72. The Hall–Kier alpha value is -4.49. The molecule has 0 radical (unpaired) electrons. The van der Waals surface area contributed by atoms with Crippen LogP contribution in [-0.2, 0) is 22.4 Å². The second-order valence-corrected chi connectivity index (χ2v) is 10.7. The van der Waals surface area contributed by atoms with E-state index >= 15 is 8.78 Å². The molecule has 4 aromatic rings. The predicted molar refractivity (Wildman–Crippen MR) is 157 cm³/mol. The topological polar surface area (TPSA) is 129 Å². The number of aliphatic hydroxyl groups is 1. The van der Waals surface area contributed by atoms with Gasteiger partial charge in [-0.2, -0.15) is 5.10 Å². The van der Waals surface area contributed by atoms with Gasteiger partial charge in [0, 0.05) is 31.7 Å². The Labute approximate surface area is 252 Å². The SMILES string of the molecule is COCCn1ncc2c(N3C[C@@H](C)C[C@H]3CO)c(CC(=O)c3ccnc(-c4c(OC)ccc(C(=O)OC)c4F)n3)cc(F)c21. The lowest BCUT2D eigenvalue weighted by Crippen LogP contribution is -2.33. The number of nitrogens with zero attached hydrogens (tertiary/aromatic N) is 5. The van der Waals surface area contributed by atoms with Crippen molar-refractivity contribution in [3.8, 4) is 17.1 Å². The number of ether oxygens (including phenoxy) is 3. The molecule has 0 aliphatic carbocycles. The molecule has 232 valence electrons. The van der Waals surface area contributed by atoms with Crippen molar-refractivity contribution < 1.29 is 37.7 Å². The van der Waals surface area contributed by atoms with Gasteiger partial charge in [0.1, 0.15) is 22.8 Å². The molecular weight excluding hydrogens is 576 g/mol. The van der Waals surface area contributed by atoms with Gasteiger partial charge < -0.3 is 24.2 Å². The van der Waals surface area contributed by atoms with E-state index in [9.17, 15) is 14.7 Å². The Morgan fingerprint density at radius 3 is 2.66 bits per heavy atom. The number of hydrogen-bond acceptors (Lipinski definition) is 10. The maximum Gasteiger partial charge on any atom is 0.340 e. The molecule has 0 spiro atoms. The van der Waals surface area contributed by atoms with Crippen LogP contribution < -0.4 is 9.64 Å². The molecule has 0 saturated carbocycles. The fourth-order valence-electron chi connectivity index (χ4n) is 5.79. The standard InChI is InChI=1S/C31H33F2N5O6/c1-17-11-19(16-39)37(15-17)28-18(12-22(32)29-21(28)14-35-38(29)9-10-42-2)13-24(40)23-7-8-34-30(36-23)26-25(43-3)6-5-20(27(26)33)31(41)44-4/h5-8,12,14,17,19,39H,9-11,13,15-16H2,1-4H3/t17-,19-/m0/s1. The van der Waals surface area contributed by atoms with Crippen molar-refractivity contribution in [3.63, 3.8) is 0 Å². The van der Waals surface area contributed by atoms with Gasteiger partial charge in [-0.15, -0.1) is 0 Å². The van der Waals surface area contributed by atoms with Crippen molar-refractivity contribution in [2.45, 2.75) is 32.4 Å². The molecule has 0 amide bonds. The van der Waals surface area contributed by atoms with Crippen LogP contribution in [-0.4, -0.2) is 83.7 Å². The summed E-state index contributed by atoms with van der Waals surface area (Å²) in [6.45, 7) is 3.22. The first-order valence-electron chi connectivity index (χ1n) is 14.1. The molecule has 44 heavy (non-hydrogen) atoms. The third-order valence-corrected chi connectivity index (χ3v) is 7.80. The molecule has 1 saturated heterocycles.